The van der Waals surface area contributed by atoms with Gasteiger partial charge in [-0.3, -0.25) is 18.7 Å². The van der Waals surface area contributed by atoms with Gasteiger partial charge in [-0.15, -0.1) is 0 Å². The molecule has 0 saturated carbocycles. The molecule has 1 unspecified atom stereocenters. The van der Waals surface area contributed by atoms with Crippen LogP contribution in [-0.4, -0.2) is 30.8 Å². The molecule has 0 saturated heterocycles. The fraction of sp³-hybridized carbons (Fsp3) is 0.625. The third kappa shape index (κ3) is 3.58. The second-order valence-corrected chi connectivity index (χ2v) is 5.98. The van der Waals surface area contributed by atoms with Gasteiger partial charge in [-0.1, -0.05) is 6.92 Å². The Labute approximate surface area is 139 Å². The molecule has 0 aliphatic carbocycles. The molecule has 0 aliphatic rings. The lowest BCUT2D eigenvalue weighted by molar-refractivity contribution is -0.148. The predicted molar refractivity (Wildman–Crippen MR) is 89.9 cm³/mol. The molecule has 1 atom stereocenters. The maximum absolute atomic E-state index is 12.5. The van der Waals surface area contributed by atoms with Crippen molar-refractivity contribution in [1.29, 1.82) is 0 Å². The maximum atomic E-state index is 12.5. The van der Waals surface area contributed by atoms with Crippen LogP contribution in [0.2, 0.25) is 0 Å². The van der Waals surface area contributed by atoms with E-state index in [1.807, 2.05) is 6.92 Å². The van der Waals surface area contributed by atoms with Gasteiger partial charge in [0.05, 0.1) is 12.4 Å². The highest BCUT2D eigenvalue weighted by Gasteiger charge is 2.14. The maximum Gasteiger partial charge on any atom is 0.332 e. The van der Waals surface area contributed by atoms with Gasteiger partial charge in [-0.05, 0) is 26.2 Å². The molecule has 0 spiro atoms. The second-order valence-electron chi connectivity index (χ2n) is 5.98. The molecule has 0 N–H and O–H groups in total. The number of hydrogen-bond donors (Lipinski definition) is 0. The first-order chi connectivity index (χ1) is 11.4. The molecule has 2 aromatic heterocycles. The first kappa shape index (κ1) is 18.0. The van der Waals surface area contributed by atoms with E-state index < -0.39 is 0 Å². The molecule has 0 bridgehead atoms. The van der Waals surface area contributed by atoms with Gasteiger partial charge in [-0.2, -0.15) is 0 Å². The zero-order valence-electron chi connectivity index (χ0n) is 14.6. The molecular formula is C16H24N4O4. The molecule has 132 valence electrons. The van der Waals surface area contributed by atoms with E-state index in [1.165, 1.54) is 15.5 Å². The fourth-order valence-corrected chi connectivity index (χ4v) is 2.66. The van der Waals surface area contributed by atoms with Gasteiger partial charge in [0.15, 0.2) is 11.2 Å². The molecule has 2 aromatic rings. The van der Waals surface area contributed by atoms with Crippen LogP contribution in [0.1, 0.15) is 39.5 Å². The summed E-state index contributed by atoms with van der Waals surface area (Å²) in [7, 11) is 3.34. The lowest BCUT2D eigenvalue weighted by atomic mass is 10.1. The number of carbonyl (C=O) groups is 1. The first-order valence-electron chi connectivity index (χ1n) is 8.17. The Bertz CT molecular complexity index is 846. The minimum Gasteiger partial charge on any atom is -0.463 e. The van der Waals surface area contributed by atoms with Crippen LogP contribution < -0.4 is 11.2 Å². The van der Waals surface area contributed by atoms with Crippen LogP contribution >= 0.6 is 0 Å². The van der Waals surface area contributed by atoms with Gasteiger partial charge in [0.2, 0.25) is 0 Å². The van der Waals surface area contributed by atoms with Crippen molar-refractivity contribution in [2.45, 2.75) is 52.2 Å². The van der Waals surface area contributed by atoms with Crippen molar-refractivity contribution in [3.63, 3.8) is 0 Å². The molecule has 2 rings (SSSR count). The lowest BCUT2D eigenvalue weighted by Crippen LogP contribution is -2.39. The zero-order valence-corrected chi connectivity index (χ0v) is 14.6. The summed E-state index contributed by atoms with van der Waals surface area (Å²) in [6, 6.07) is 0. The van der Waals surface area contributed by atoms with Crippen LogP contribution in [0.4, 0.5) is 0 Å². The SMILES string of the molecule is CCC(=O)OC(C)CCCCn1c(=O)c2c(ncn2C)n(C)c1=O. The van der Waals surface area contributed by atoms with Crippen LogP contribution in [0.15, 0.2) is 15.9 Å². The molecule has 0 radical (unpaired) electrons. The van der Waals surface area contributed by atoms with Crippen molar-refractivity contribution < 1.29 is 9.53 Å². The Hall–Kier alpha value is -2.38. The Morgan fingerprint density at radius 3 is 2.67 bits per heavy atom. The van der Waals surface area contributed by atoms with Crippen molar-refractivity contribution in [3.05, 3.63) is 27.2 Å². The highest BCUT2D eigenvalue weighted by atomic mass is 16.5. The average Bonchev–Trinajstić information content (AvgIpc) is 2.93. The summed E-state index contributed by atoms with van der Waals surface area (Å²) >= 11 is 0. The molecule has 8 heteroatoms. The molecule has 0 amide bonds. The van der Waals surface area contributed by atoms with Crippen LogP contribution in [0, 0.1) is 0 Å². The number of hydrogen-bond acceptors (Lipinski definition) is 5. The van der Waals surface area contributed by atoms with Crippen LogP contribution in [-0.2, 0) is 30.2 Å². The van der Waals surface area contributed by atoms with E-state index in [2.05, 4.69) is 4.98 Å². The molecule has 2 heterocycles. The number of rotatable bonds is 7. The highest BCUT2D eigenvalue weighted by molar-refractivity contribution is 5.69. The van der Waals surface area contributed by atoms with E-state index in [1.54, 1.807) is 25.6 Å². The van der Waals surface area contributed by atoms with Gasteiger partial charge in [-0.25, -0.2) is 9.78 Å². The van der Waals surface area contributed by atoms with E-state index in [0.717, 1.165) is 6.42 Å². The number of fused-ring (bicyclic) bond motifs is 1. The normalized spacial score (nSPS) is 12.5. The number of esters is 1. The molecule has 0 aromatic carbocycles. The molecule has 24 heavy (non-hydrogen) atoms. The number of aryl methyl sites for hydroxylation is 2. The van der Waals surface area contributed by atoms with Crippen LogP contribution in [0.25, 0.3) is 11.2 Å². The quantitative estimate of drug-likeness (QED) is 0.555. The monoisotopic (exact) mass is 336 g/mol. The van der Waals surface area contributed by atoms with Crippen molar-refractivity contribution >= 4 is 17.1 Å². The Morgan fingerprint density at radius 2 is 2.00 bits per heavy atom. The number of aromatic nitrogens is 4. The Balaban J connectivity index is 2.06. The van der Waals surface area contributed by atoms with E-state index in [-0.39, 0.29) is 23.3 Å². The van der Waals surface area contributed by atoms with Crippen molar-refractivity contribution in [3.8, 4) is 0 Å². The van der Waals surface area contributed by atoms with Gasteiger partial charge < -0.3 is 9.30 Å². The molecule has 0 aliphatic heterocycles. The summed E-state index contributed by atoms with van der Waals surface area (Å²) in [6.07, 6.45) is 3.86. The van der Waals surface area contributed by atoms with Gasteiger partial charge in [0.25, 0.3) is 5.56 Å². The highest BCUT2D eigenvalue weighted by Crippen LogP contribution is 2.07. The van der Waals surface area contributed by atoms with Gasteiger partial charge >= 0.3 is 11.7 Å². The summed E-state index contributed by atoms with van der Waals surface area (Å²) in [5.41, 5.74) is 0.126. The lowest BCUT2D eigenvalue weighted by Gasteiger charge is -2.13. The van der Waals surface area contributed by atoms with Crippen molar-refractivity contribution in [2.24, 2.45) is 14.1 Å². The number of ether oxygens (including phenoxy) is 1. The summed E-state index contributed by atoms with van der Waals surface area (Å²) in [4.78, 5) is 40.2. The fourth-order valence-electron chi connectivity index (χ4n) is 2.66. The van der Waals surface area contributed by atoms with Gasteiger partial charge in [0, 0.05) is 27.1 Å². The van der Waals surface area contributed by atoms with E-state index in [0.29, 0.717) is 37.0 Å². The number of carbonyl (C=O) groups excluding carboxylic acids is 1. The van der Waals surface area contributed by atoms with Crippen molar-refractivity contribution in [2.75, 3.05) is 0 Å². The van der Waals surface area contributed by atoms with E-state index in [4.69, 9.17) is 4.74 Å². The number of nitrogens with zero attached hydrogens (tertiary/aromatic N) is 4. The minimum atomic E-state index is -0.364. The minimum absolute atomic E-state index is 0.156. The standard InChI is InChI=1S/C16H24N4O4/c1-5-12(21)24-11(2)8-6-7-9-20-15(22)13-14(17-10-18(13)3)19(4)16(20)23/h10-11H,5-9H2,1-4H3. The average molecular weight is 336 g/mol. The van der Waals surface area contributed by atoms with Crippen molar-refractivity contribution in [1.82, 2.24) is 18.7 Å². The van der Waals surface area contributed by atoms with Gasteiger partial charge in [0.1, 0.15) is 0 Å². The van der Waals surface area contributed by atoms with Crippen LogP contribution in [0.3, 0.4) is 0 Å². The van der Waals surface area contributed by atoms with E-state index >= 15 is 0 Å². The smallest absolute Gasteiger partial charge is 0.332 e. The first-order valence-corrected chi connectivity index (χ1v) is 8.17. The summed E-state index contributed by atoms with van der Waals surface area (Å²) in [5, 5.41) is 0. The summed E-state index contributed by atoms with van der Waals surface area (Å²) < 4.78 is 9.46. The zero-order chi connectivity index (χ0) is 17.9. The predicted octanol–water partition coefficient (Wildman–Crippen LogP) is 0.946. The number of unbranched alkanes of at least 4 members (excludes halogenated alkanes) is 1. The topological polar surface area (TPSA) is 88.1 Å². The largest absolute Gasteiger partial charge is 0.463 e. The molecular weight excluding hydrogens is 312 g/mol. The summed E-state index contributed by atoms with van der Waals surface area (Å²) in [5.74, 6) is -0.214. The summed E-state index contributed by atoms with van der Waals surface area (Å²) in [6.45, 7) is 3.94. The molecule has 0 fully saturated rings. The van der Waals surface area contributed by atoms with Crippen LogP contribution in [0.5, 0.6) is 0 Å². The molecule has 8 nitrogen and oxygen atoms in total. The second kappa shape index (κ2) is 7.46. The third-order valence-electron chi connectivity index (χ3n) is 4.06. The third-order valence-corrected chi connectivity index (χ3v) is 4.06. The number of imidazole rings is 1. The Kier molecular flexibility index (Phi) is 5.58. The Morgan fingerprint density at radius 1 is 1.29 bits per heavy atom. The van der Waals surface area contributed by atoms with E-state index in [9.17, 15) is 14.4 Å².